The van der Waals surface area contributed by atoms with E-state index >= 15 is 0 Å². The molecule has 1 heterocycles. The summed E-state index contributed by atoms with van der Waals surface area (Å²) in [6, 6.07) is 20.6. The predicted molar refractivity (Wildman–Crippen MR) is 100 cm³/mol. The fourth-order valence-electron chi connectivity index (χ4n) is 3.04. The molecule has 4 rings (SSSR count). The maximum absolute atomic E-state index is 11.6. The summed E-state index contributed by atoms with van der Waals surface area (Å²) in [5.74, 6) is 0. The molecule has 6 heteroatoms. The van der Waals surface area contributed by atoms with Gasteiger partial charge in [0.05, 0.1) is 16.3 Å². The van der Waals surface area contributed by atoms with Crippen LogP contribution in [0.15, 0.2) is 71.2 Å². The molecule has 4 aromatic rings. The van der Waals surface area contributed by atoms with Gasteiger partial charge in [-0.2, -0.15) is 0 Å². The van der Waals surface area contributed by atoms with E-state index in [0.717, 1.165) is 32.0 Å². The smallest absolute Gasteiger partial charge is 0.321 e. The predicted octanol–water partition coefficient (Wildman–Crippen LogP) is 4.35. The van der Waals surface area contributed by atoms with Crippen LogP contribution in [0, 0.1) is 0 Å². The van der Waals surface area contributed by atoms with Crippen LogP contribution in [0.3, 0.4) is 0 Å². The van der Waals surface area contributed by atoms with Gasteiger partial charge < -0.3 is 14.4 Å². The van der Waals surface area contributed by atoms with Crippen LogP contribution in [0.25, 0.3) is 27.5 Å². The zero-order valence-electron chi connectivity index (χ0n) is 12.4. The second kappa shape index (κ2) is 5.57. The van der Waals surface area contributed by atoms with Crippen molar-refractivity contribution in [1.29, 1.82) is 0 Å². The van der Waals surface area contributed by atoms with Crippen LogP contribution in [0.5, 0.6) is 0 Å². The summed E-state index contributed by atoms with van der Waals surface area (Å²) in [4.78, 5) is 19.0. The molecule has 1 aromatic heterocycles. The van der Waals surface area contributed by atoms with Gasteiger partial charge in [0.15, 0.2) is 0 Å². The Kier molecular flexibility index (Phi) is 3.62. The van der Waals surface area contributed by atoms with Gasteiger partial charge in [-0.3, -0.25) is 4.57 Å². The van der Waals surface area contributed by atoms with Crippen molar-refractivity contribution < 1.29 is 14.4 Å². The zero-order valence-corrected chi connectivity index (χ0v) is 14.9. The Morgan fingerprint density at radius 3 is 2.38 bits per heavy atom. The van der Waals surface area contributed by atoms with E-state index in [1.165, 1.54) is 6.07 Å². The highest BCUT2D eigenvalue weighted by Gasteiger charge is 2.19. The molecule has 0 saturated heterocycles. The number of fused-ring (bicyclic) bond motifs is 3. The van der Waals surface area contributed by atoms with E-state index in [9.17, 15) is 14.4 Å². The minimum atomic E-state index is -4.30. The lowest BCUT2D eigenvalue weighted by Crippen LogP contribution is -2.06. The number of hydrogen-bond donors (Lipinski definition) is 2. The maximum Gasteiger partial charge on any atom is 0.356 e. The highest BCUT2D eigenvalue weighted by molar-refractivity contribution is 9.10. The van der Waals surface area contributed by atoms with Gasteiger partial charge >= 0.3 is 7.60 Å². The van der Waals surface area contributed by atoms with Gasteiger partial charge in [-0.1, -0.05) is 46.3 Å². The molecule has 0 radical (unpaired) electrons. The van der Waals surface area contributed by atoms with E-state index in [2.05, 4.69) is 22.0 Å². The first kappa shape index (κ1) is 15.6. The number of nitrogens with zero attached hydrogens (tertiary/aromatic N) is 1. The topological polar surface area (TPSA) is 62.5 Å². The molecule has 0 fully saturated rings. The third kappa shape index (κ3) is 2.50. The van der Waals surface area contributed by atoms with Gasteiger partial charge in [-0.15, -0.1) is 0 Å². The number of rotatable bonds is 2. The van der Waals surface area contributed by atoms with Crippen molar-refractivity contribution in [2.75, 3.05) is 0 Å². The number of hydrogen-bond acceptors (Lipinski definition) is 1. The van der Waals surface area contributed by atoms with E-state index in [1.807, 2.05) is 47.0 Å². The van der Waals surface area contributed by atoms with Gasteiger partial charge in [0.25, 0.3) is 0 Å². The molecule has 0 aliphatic heterocycles. The van der Waals surface area contributed by atoms with Crippen molar-refractivity contribution in [3.05, 3.63) is 71.2 Å². The van der Waals surface area contributed by atoms with Crippen molar-refractivity contribution in [2.45, 2.75) is 0 Å². The second-order valence-corrected chi connectivity index (χ2v) is 8.10. The monoisotopic (exact) mass is 401 g/mol. The van der Waals surface area contributed by atoms with Crippen LogP contribution in [-0.2, 0) is 4.57 Å². The molecule has 0 spiro atoms. The Hall–Kier alpha value is -1.91. The van der Waals surface area contributed by atoms with Gasteiger partial charge in [0, 0.05) is 20.9 Å². The molecular formula is C18H13BrNO3P. The fraction of sp³-hybridized carbons (Fsp3) is 0. The van der Waals surface area contributed by atoms with E-state index in [4.69, 9.17) is 0 Å². The quantitative estimate of drug-likeness (QED) is 0.490. The van der Waals surface area contributed by atoms with Crippen LogP contribution in [0.4, 0.5) is 0 Å². The molecule has 2 N–H and O–H groups in total. The highest BCUT2D eigenvalue weighted by Crippen LogP contribution is 2.36. The molecule has 4 nitrogen and oxygen atoms in total. The molecule has 0 saturated carbocycles. The Balaban J connectivity index is 2.12. The summed E-state index contributed by atoms with van der Waals surface area (Å²) in [7, 11) is -4.30. The third-order valence-electron chi connectivity index (χ3n) is 4.06. The number of halogens is 1. The third-order valence-corrected chi connectivity index (χ3v) is 5.50. The van der Waals surface area contributed by atoms with Crippen LogP contribution >= 0.6 is 23.5 Å². The molecule has 120 valence electrons. The zero-order chi connectivity index (χ0) is 16.9. The highest BCUT2D eigenvalue weighted by atomic mass is 79.9. The number of benzene rings is 3. The Morgan fingerprint density at radius 1 is 0.833 bits per heavy atom. The minimum Gasteiger partial charge on any atom is -0.321 e. The average Bonchev–Trinajstić information content (AvgIpc) is 2.87. The summed E-state index contributed by atoms with van der Waals surface area (Å²) in [6.45, 7) is 0. The van der Waals surface area contributed by atoms with Crippen LogP contribution < -0.4 is 5.30 Å². The molecule has 3 aromatic carbocycles. The van der Waals surface area contributed by atoms with E-state index in [-0.39, 0.29) is 5.30 Å². The molecule has 0 unspecified atom stereocenters. The maximum atomic E-state index is 11.6. The van der Waals surface area contributed by atoms with Crippen molar-refractivity contribution >= 4 is 50.6 Å². The molecule has 0 bridgehead atoms. The summed E-state index contributed by atoms with van der Waals surface area (Å²) < 4.78 is 14.6. The van der Waals surface area contributed by atoms with Crippen LogP contribution in [0.1, 0.15) is 0 Å². The van der Waals surface area contributed by atoms with Gasteiger partial charge in [-0.25, -0.2) is 0 Å². The van der Waals surface area contributed by atoms with Crippen molar-refractivity contribution in [3.8, 4) is 5.69 Å². The van der Waals surface area contributed by atoms with Crippen molar-refractivity contribution in [2.24, 2.45) is 0 Å². The lowest BCUT2D eigenvalue weighted by Gasteiger charge is -2.10. The van der Waals surface area contributed by atoms with E-state index in [1.54, 1.807) is 12.1 Å². The molecule has 24 heavy (non-hydrogen) atoms. The molecule has 0 amide bonds. The Bertz CT molecular complexity index is 1130. The van der Waals surface area contributed by atoms with E-state index in [0.29, 0.717) is 0 Å². The number of aromatic nitrogens is 1. The Labute approximate surface area is 146 Å². The van der Waals surface area contributed by atoms with Crippen LogP contribution in [-0.4, -0.2) is 14.4 Å². The normalized spacial score (nSPS) is 12.1. The average molecular weight is 402 g/mol. The summed E-state index contributed by atoms with van der Waals surface area (Å²) >= 11 is 3.50. The first-order valence-corrected chi connectivity index (χ1v) is 9.71. The van der Waals surface area contributed by atoms with Gasteiger partial charge in [0.1, 0.15) is 0 Å². The first-order chi connectivity index (χ1) is 11.4. The molecule has 0 aliphatic carbocycles. The van der Waals surface area contributed by atoms with Crippen LogP contribution in [0.2, 0.25) is 0 Å². The van der Waals surface area contributed by atoms with Gasteiger partial charge in [0.2, 0.25) is 0 Å². The van der Waals surface area contributed by atoms with Crippen molar-refractivity contribution in [3.63, 3.8) is 0 Å². The van der Waals surface area contributed by atoms with E-state index < -0.39 is 7.60 Å². The SMILES string of the molecule is O=P(O)(O)c1cccc(-n2c3ccccc3c3ccc(Br)cc32)c1. The molecule has 0 atom stereocenters. The lowest BCUT2D eigenvalue weighted by molar-refractivity contribution is 0.387. The van der Waals surface area contributed by atoms with Gasteiger partial charge in [-0.05, 0) is 36.4 Å². The lowest BCUT2D eigenvalue weighted by atomic mass is 10.2. The molecular weight excluding hydrogens is 389 g/mol. The molecule has 0 aliphatic rings. The first-order valence-electron chi connectivity index (χ1n) is 7.30. The fourth-order valence-corrected chi connectivity index (χ4v) is 3.96. The second-order valence-electron chi connectivity index (χ2n) is 5.58. The van der Waals surface area contributed by atoms with Crippen molar-refractivity contribution in [1.82, 2.24) is 4.57 Å². The summed E-state index contributed by atoms with van der Waals surface area (Å²) in [5, 5.41) is 2.21. The largest absolute Gasteiger partial charge is 0.356 e. The minimum absolute atomic E-state index is 0.0147. The standard InChI is InChI=1S/C18H13BrNO3P/c19-12-8-9-16-15-6-1-2-7-17(15)20(18(16)10-12)13-4-3-5-14(11-13)24(21,22)23/h1-11H,(H2,21,22,23). The summed E-state index contributed by atoms with van der Waals surface area (Å²) in [5.41, 5.74) is 2.70. The number of para-hydroxylation sites is 1. The summed E-state index contributed by atoms with van der Waals surface area (Å²) in [6.07, 6.45) is 0. The Morgan fingerprint density at radius 2 is 1.58 bits per heavy atom.